The second kappa shape index (κ2) is 5.06. The lowest BCUT2D eigenvalue weighted by Gasteiger charge is -2.49. The Balaban J connectivity index is 2.04. The first-order valence-corrected chi connectivity index (χ1v) is 8.37. The first-order valence-electron chi connectivity index (χ1n) is 7.25. The van der Waals surface area contributed by atoms with E-state index in [2.05, 4.69) is 48.5 Å². The molecule has 1 saturated carbocycles. The normalized spacial score (nSPS) is 30.5. The molecule has 2 fully saturated rings. The van der Waals surface area contributed by atoms with Crippen molar-refractivity contribution in [1.82, 2.24) is 4.90 Å². The van der Waals surface area contributed by atoms with Crippen molar-refractivity contribution >= 4 is 15.9 Å². The van der Waals surface area contributed by atoms with Gasteiger partial charge in [0.2, 0.25) is 0 Å². The molecule has 18 heavy (non-hydrogen) atoms. The molecule has 2 nitrogen and oxygen atoms in total. The fourth-order valence-electron chi connectivity index (χ4n) is 3.99. The summed E-state index contributed by atoms with van der Waals surface area (Å²) in [7, 11) is 0. The van der Waals surface area contributed by atoms with Crippen molar-refractivity contribution in [2.24, 2.45) is 5.41 Å². The van der Waals surface area contributed by atoms with Crippen LogP contribution in [0.5, 0.6) is 0 Å². The molecule has 0 unspecified atom stereocenters. The highest BCUT2D eigenvalue weighted by Gasteiger charge is 2.42. The Morgan fingerprint density at radius 3 is 1.94 bits per heavy atom. The van der Waals surface area contributed by atoms with E-state index in [1.54, 1.807) is 0 Å². The molecule has 0 atom stereocenters. The van der Waals surface area contributed by atoms with Gasteiger partial charge >= 0.3 is 0 Å². The van der Waals surface area contributed by atoms with E-state index in [-0.39, 0.29) is 11.2 Å². The largest absolute Gasteiger partial charge is 0.367 e. The first kappa shape index (κ1) is 14.8. The maximum atomic E-state index is 6.17. The van der Waals surface area contributed by atoms with Gasteiger partial charge in [-0.25, -0.2) is 0 Å². The summed E-state index contributed by atoms with van der Waals surface area (Å²) in [5.41, 5.74) is 0.477. The maximum absolute atomic E-state index is 6.17. The van der Waals surface area contributed by atoms with Crippen molar-refractivity contribution < 1.29 is 4.74 Å². The van der Waals surface area contributed by atoms with Crippen LogP contribution in [0.4, 0.5) is 0 Å². The Hall–Kier alpha value is 0.400. The lowest BCUT2D eigenvalue weighted by atomic mass is 9.86. The predicted molar refractivity (Wildman–Crippen MR) is 80.4 cm³/mol. The summed E-state index contributed by atoms with van der Waals surface area (Å²) >= 11 is 3.76. The van der Waals surface area contributed by atoms with Crippen LogP contribution in [-0.2, 0) is 4.74 Å². The van der Waals surface area contributed by atoms with Crippen LogP contribution in [0.3, 0.4) is 0 Å². The number of alkyl halides is 1. The van der Waals surface area contributed by atoms with E-state index in [1.807, 2.05) is 0 Å². The van der Waals surface area contributed by atoms with Gasteiger partial charge in [-0.15, -0.1) is 0 Å². The molecule has 0 aromatic rings. The molecule has 0 N–H and O–H groups in total. The quantitative estimate of drug-likeness (QED) is 0.733. The highest BCUT2D eigenvalue weighted by molar-refractivity contribution is 9.09. The number of morpholine rings is 1. The van der Waals surface area contributed by atoms with E-state index < -0.39 is 0 Å². The minimum absolute atomic E-state index is 0.0200. The Bertz CT molecular complexity index is 279. The van der Waals surface area contributed by atoms with Gasteiger partial charge < -0.3 is 4.74 Å². The van der Waals surface area contributed by atoms with Crippen molar-refractivity contribution in [2.45, 2.75) is 64.6 Å². The zero-order chi connectivity index (χ0) is 13.4. The van der Waals surface area contributed by atoms with E-state index >= 15 is 0 Å². The summed E-state index contributed by atoms with van der Waals surface area (Å²) in [5.74, 6) is 0. The molecular formula is C15H28BrNO. The number of hydrogen-bond donors (Lipinski definition) is 0. The number of hydrogen-bond acceptors (Lipinski definition) is 2. The van der Waals surface area contributed by atoms with E-state index in [1.165, 1.54) is 32.2 Å². The maximum Gasteiger partial charge on any atom is 0.0760 e. The average Bonchev–Trinajstić information content (AvgIpc) is 2.61. The number of nitrogens with zero attached hydrogens (tertiary/aromatic N) is 1. The van der Waals surface area contributed by atoms with Gasteiger partial charge in [0.15, 0.2) is 0 Å². The van der Waals surface area contributed by atoms with Crippen LogP contribution in [0, 0.1) is 5.41 Å². The average molecular weight is 318 g/mol. The molecule has 1 aliphatic heterocycles. The topological polar surface area (TPSA) is 12.5 Å². The molecule has 2 aliphatic rings. The standard InChI is InChI=1S/C15H28BrNO/c1-13(2)10-17(11-14(3,4)18-13)12-15(9-16)7-5-6-8-15/h5-12H2,1-4H3. The summed E-state index contributed by atoms with van der Waals surface area (Å²) in [5, 5.41) is 1.15. The Kier molecular flexibility index (Phi) is 4.16. The van der Waals surface area contributed by atoms with Gasteiger partial charge in [-0.1, -0.05) is 28.8 Å². The van der Waals surface area contributed by atoms with Gasteiger partial charge in [-0.05, 0) is 46.0 Å². The van der Waals surface area contributed by atoms with Crippen LogP contribution >= 0.6 is 15.9 Å². The monoisotopic (exact) mass is 317 g/mol. The summed E-state index contributed by atoms with van der Waals surface area (Å²) in [4.78, 5) is 2.64. The molecule has 0 aromatic carbocycles. The van der Waals surface area contributed by atoms with Crippen LogP contribution in [0.1, 0.15) is 53.4 Å². The van der Waals surface area contributed by atoms with Gasteiger partial charge in [0.1, 0.15) is 0 Å². The number of ether oxygens (including phenoxy) is 1. The molecule has 0 aromatic heterocycles. The summed E-state index contributed by atoms with van der Waals surface area (Å²) < 4.78 is 6.17. The Labute approximate surface area is 121 Å². The van der Waals surface area contributed by atoms with Crippen LogP contribution in [0.2, 0.25) is 0 Å². The van der Waals surface area contributed by atoms with E-state index in [9.17, 15) is 0 Å². The second-order valence-corrected chi connectivity index (χ2v) is 8.17. The van der Waals surface area contributed by atoms with E-state index in [0.717, 1.165) is 18.4 Å². The van der Waals surface area contributed by atoms with Gasteiger partial charge in [0.25, 0.3) is 0 Å². The fraction of sp³-hybridized carbons (Fsp3) is 1.00. The third-order valence-corrected chi connectivity index (χ3v) is 5.46. The zero-order valence-electron chi connectivity index (χ0n) is 12.4. The Morgan fingerprint density at radius 2 is 1.50 bits per heavy atom. The molecule has 3 heteroatoms. The summed E-state index contributed by atoms with van der Waals surface area (Å²) in [6.45, 7) is 12.2. The minimum atomic E-state index is -0.0200. The third-order valence-electron chi connectivity index (χ3n) is 4.27. The van der Waals surface area contributed by atoms with Crippen LogP contribution in [0.15, 0.2) is 0 Å². The number of rotatable bonds is 3. The molecule has 0 radical (unpaired) electrons. The molecule has 106 valence electrons. The van der Waals surface area contributed by atoms with Crippen molar-refractivity contribution in [3.05, 3.63) is 0 Å². The molecule has 1 aliphatic carbocycles. The van der Waals surface area contributed by atoms with E-state index in [4.69, 9.17) is 4.74 Å². The lowest BCUT2D eigenvalue weighted by Crippen LogP contribution is -2.58. The molecule has 0 spiro atoms. The van der Waals surface area contributed by atoms with Crippen molar-refractivity contribution in [2.75, 3.05) is 25.0 Å². The molecule has 0 bridgehead atoms. The zero-order valence-corrected chi connectivity index (χ0v) is 14.0. The van der Waals surface area contributed by atoms with Gasteiger partial charge in [0.05, 0.1) is 11.2 Å². The third kappa shape index (κ3) is 3.49. The smallest absolute Gasteiger partial charge is 0.0760 e. The highest BCUT2D eigenvalue weighted by atomic mass is 79.9. The van der Waals surface area contributed by atoms with Crippen LogP contribution < -0.4 is 0 Å². The molecule has 0 amide bonds. The first-order chi connectivity index (χ1) is 8.26. The van der Waals surface area contributed by atoms with Gasteiger partial charge in [0, 0.05) is 25.0 Å². The summed E-state index contributed by atoms with van der Waals surface area (Å²) in [6, 6.07) is 0. The fourth-order valence-corrected chi connectivity index (χ4v) is 4.73. The van der Waals surface area contributed by atoms with E-state index in [0.29, 0.717) is 5.41 Å². The predicted octanol–water partition coefficient (Wildman–Crippen LogP) is 3.83. The number of halogens is 1. The van der Waals surface area contributed by atoms with Crippen molar-refractivity contribution in [1.29, 1.82) is 0 Å². The van der Waals surface area contributed by atoms with Crippen molar-refractivity contribution in [3.8, 4) is 0 Å². The SMILES string of the molecule is CC1(C)CN(CC2(CBr)CCCC2)CC(C)(C)O1. The van der Waals surface area contributed by atoms with Gasteiger partial charge in [-0.3, -0.25) is 4.90 Å². The molecule has 1 saturated heterocycles. The second-order valence-electron chi connectivity index (χ2n) is 7.61. The van der Waals surface area contributed by atoms with Gasteiger partial charge in [-0.2, -0.15) is 0 Å². The van der Waals surface area contributed by atoms with Crippen molar-refractivity contribution in [3.63, 3.8) is 0 Å². The summed E-state index contributed by atoms with van der Waals surface area (Å²) in [6.07, 6.45) is 5.58. The molecule has 1 heterocycles. The molecular weight excluding hydrogens is 290 g/mol. The molecule has 2 rings (SSSR count). The highest BCUT2D eigenvalue weighted by Crippen LogP contribution is 2.41. The minimum Gasteiger partial charge on any atom is -0.367 e. The van der Waals surface area contributed by atoms with Crippen LogP contribution in [-0.4, -0.2) is 41.1 Å². The van der Waals surface area contributed by atoms with Crippen LogP contribution in [0.25, 0.3) is 0 Å². The lowest BCUT2D eigenvalue weighted by molar-refractivity contribution is -0.184. The Morgan fingerprint density at radius 1 is 1.00 bits per heavy atom.